The van der Waals surface area contributed by atoms with Crippen molar-refractivity contribution in [1.82, 2.24) is 0 Å². The van der Waals surface area contributed by atoms with E-state index < -0.39 is 5.97 Å². The van der Waals surface area contributed by atoms with Gasteiger partial charge in [-0.2, -0.15) is 0 Å². The third-order valence-corrected chi connectivity index (χ3v) is 1.43. The highest BCUT2D eigenvalue weighted by atomic mass is 16.6. The lowest BCUT2D eigenvalue weighted by molar-refractivity contribution is -0.140. The topological polar surface area (TPSA) is 44.8 Å². The van der Waals surface area contributed by atoms with Crippen LogP contribution in [-0.2, 0) is 19.0 Å². The van der Waals surface area contributed by atoms with Crippen LogP contribution in [0.1, 0.15) is 6.92 Å². The molecule has 0 aromatic rings. The van der Waals surface area contributed by atoms with Crippen LogP contribution in [0.2, 0.25) is 0 Å². The average Bonchev–Trinajstić information content (AvgIpc) is 2.17. The summed E-state index contributed by atoms with van der Waals surface area (Å²) in [6, 6.07) is 0. The molecule has 0 aliphatic heterocycles. The molecule has 4 heteroatoms. The molecule has 0 radical (unpaired) electrons. The van der Waals surface area contributed by atoms with E-state index in [1.165, 1.54) is 0 Å². The fourth-order valence-electron chi connectivity index (χ4n) is 0.727. The highest BCUT2D eigenvalue weighted by molar-refractivity contribution is 5.87. The smallest absolute Gasteiger partial charge is 0.335 e. The Morgan fingerprint density at radius 3 is 2.40 bits per heavy atom. The molecule has 0 aromatic heterocycles. The molecule has 0 aliphatic rings. The Morgan fingerprint density at radius 1 is 1.20 bits per heavy atom. The Hall–Kier alpha value is -1.13. The van der Waals surface area contributed by atoms with Gasteiger partial charge in [-0.1, -0.05) is 18.7 Å². The monoisotopic (exact) mass is 214 g/mol. The van der Waals surface area contributed by atoms with Crippen LogP contribution in [0.5, 0.6) is 0 Å². The zero-order valence-electron chi connectivity index (χ0n) is 9.38. The summed E-state index contributed by atoms with van der Waals surface area (Å²) >= 11 is 0. The molecule has 0 atom stereocenters. The number of hydrogen-bond acceptors (Lipinski definition) is 4. The quantitative estimate of drug-likeness (QED) is 0.264. The molecule has 0 aliphatic carbocycles. The molecule has 0 spiro atoms. The van der Waals surface area contributed by atoms with Gasteiger partial charge in [-0.3, -0.25) is 0 Å². The van der Waals surface area contributed by atoms with E-state index >= 15 is 0 Å². The van der Waals surface area contributed by atoms with Gasteiger partial charge in [0.05, 0.1) is 25.4 Å². The summed E-state index contributed by atoms with van der Waals surface area (Å²) in [6.45, 7) is 10.3. The summed E-state index contributed by atoms with van der Waals surface area (Å²) in [4.78, 5) is 11.2. The zero-order valence-corrected chi connectivity index (χ0v) is 9.38. The average molecular weight is 214 g/mol. The van der Waals surface area contributed by atoms with Gasteiger partial charge in [0.25, 0.3) is 0 Å². The molecule has 0 N–H and O–H groups in total. The lowest BCUT2D eigenvalue weighted by atomic mass is 10.3. The van der Waals surface area contributed by atoms with Gasteiger partial charge in [0.1, 0.15) is 6.61 Å². The second-order valence-corrected chi connectivity index (χ2v) is 3.18. The number of esters is 1. The minimum absolute atomic E-state index is 0.165. The van der Waals surface area contributed by atoms with Crippen molar-refractivity contribution < 1.29 is 19.0 Å². The van der Waals surface area contributed by atoms with Gasteiger partial charge in [0.2, 0.25) is 0 Å². The molecular formula is C11H18O4. The van der Waals surface area contributed by atoms with Gasteiger partial charge >= 0.3 is 5.97 Å². The Bertz CT molecular complexity index is 233. The number of carbonyl (C=O) groups is 1. The largest absolute Gasteiger partial charge is 0.460 e. The summed E-state index contributed by atoms with van der Waals surface area (Å²) in [5.41, 5.74) is 1.20. The van der Waals surface area contributed by atoms with E-state index in [4.69, 9.17) is 14.2 Å². The molecule has 0 saturated carbocycles. The number of hydrogen-bond donors (Lipinski definition) is 0. The molecule has 86 valence electrons. The minimum Gasteiger partial charge on any atom is -0.460 e. The lowest BCUT2D eigenvalue weighted by Gasteiger charge is -2.07. The predicted octanol–water partition coefficient (Wildman–Crippen LogP) is 1.32. The van der Waals surface area contributed by atoms with Crippen molar-refractivity contribution in [3.63, 3.8) is 0 Å². The molecule has 0 rings (SSSR count). The first-order chi connectivity index (χ1) is 7.07. The Labute approximate surface area is 90.5 Å². The van der Waals surface area contributed by atoms with Crippen LogP contribution in [0.15, 0.2) is 24.3 Å². The SMILES string of the molecule is C=C(C)COCC(=C)C(=O)OCCOC. The third kappa shape index (κ3) is 7.90. The number of rotatable bonds is 8. The van der Waals surface area contributed by atoms with E-state index in [2.05, 4.69) is 13.2 Å². The van der Waals surface area contributed by atoms with Crippen LogP contribution >= 0.6 is 0 Å². The maximum atomic E-state index is 11.2. The van der Waals surface area contributed by atoms with Gasteiger partial charge in [0.15, 0.2) is 0 Å². The predicted molar refractivity (Wildman–Crippen MR) is 57.6 cm³/mol. The number of ether oxygens (including phenoxy) is 3. The first-order valence-corrected chi connectivity index (χ1v) is 4.64. The second-order valence-electron chi connectivity index (χ2n) is 3.18. The third-order valence-electron chi connectivity index (χ3n) is 1.43. The fraction of sp³-hybridized carbons (Fsp3) is 0.545. The van der Waals surface area contributed by atoms with Crippen LogP contribution < -0.4 is 0 Å². The highest BCUT2D eigenvalue weighted by Crippen LogP contribution is 1.98. The summed E-state index contributed by atoms with van der Waals surface area (Å²) in [5.74, 6) is -0.450. The molecule has 0 bridgehead atoms. The van der Waals surface area contributed by atoms with Crippen LogP contribution in [0.4, 0.5) is 0 Å². The van der Waals surface area contributed by atoms with Crippen molar-refractivity contribution in [1.29, 1.82) is 0 Å². The van der Waals surface area contributed by atoms with E-state index in [0.29, 0.717) is 18.8 Å². The Morgan fingerprint density at radius 2 is 1.87 bits per heavy atom. The van der Waals surface area contributed by atoms with Gasteiger partial charge in [-0.05, 0) is 6.92 Å². The number of carbonyl (C=O) groups excluding carboxylic acids is 1. The number of methoxy groups -OCH3 is 1. The molecular weight excluding hydrogens is 196 g/mol. The lowest BCUT2D eigenvalue weighted by Crippen LogP contribution is -2.15. The van der Waals surface area contributed by atoms with Crippen molar-refractivity contribution >= 4 is 5.97 Å². The van der Waals surface area contributed by atoms with Crippen molar-refractivity contribution in [2.75, 3.05) is 33.5 Å². The molecule has 0 amide bonds. The first-order valence-electron chi connectivity index (χ1n) is 4.64. The van der Waals surface area contributed by atoms with Gasteiger partial charge < -0.3 is 14.2 Å². The van der Waals surface area contributed by atoms with Crippen molar-refractivity contribution in [3.8, 4) is 0 Å². The zero-order chi connectivity index (χ0) is 11.7. The summed E-state index contributed by atoms with van der Waals surface area (Å²) < 4.78 is 14.7. The molecule has 15 heavy (non-hydrogen) atoms. The Kier molecular flexibility index (Phi) is 7.58. The van der Waals surface area contributed by atoms with E-state index in [1.54, 1.807) is 7.11 Å². The van der Waals surface area contributed by atoms with E-state index in [9.17, 15) is 4.79 Å². The van der Waals surface area contributed by atoms with Gasteiger partial charge in [-0.25, -0.2) is 4.79 Å². The summed E-state index contributed by atoms with van der Waals surface area (Å²) in [6.07, 6.45) is 0. The Balaban J connectivity index is 3.60. The van der Waals surface area contributed by atoms with Gasteiger partial charge in [0, 0.05) is 7.11 Å². The summed E-state index contributed by atoms with van der Waals surface area (Å²) in [7, 11) is 1.54. The molecule has 0 heterocycles. The van der Waals surface area contributed by atoms with Crippen LogP contribution in [-0.4, -0.2) is 39.5 Å². The van der Waals surface area contributed by atoms with Crippen LogP contribution in [0, 0.1) is 0 Å². The van der Waals surface area contributed by atoms with E-state index in [1.807, 2.05) is 6.92 Å². The van der Waals surface area contributed by atoms with Crippen molar-refractivity contribution in [2.24, 2.45) is 0 Å². The van der Waals surface area contributed by atoms with E-state index in [-0.39, 0.29) is 13.2 Å². The highest BCUT2D eigenvalue weighted by Gasteiger charge is 2.07. The standard InChI is InChI=1S/C11H18O4/c1-9(2)7-14-8-10(3)11(12)15-6-5-13-4/h1,3,5-8H2,2,4H3. The van der Waals surface area contributed by atoms with Crippen LogP contribution in [0.3, 0.4) is 0 Å². The maximum absolute atomic E-state index is 11.2. The van der Waals surface area contributed by atoms with Crippen molar-refractivity contribution in [3.05, 3.63) is 24.3 Å². The molecule has 0 saturated heterocycles. The molecule has 0 fully saturated rings. The van der Waals surface area contributed by atoms with Crippen LogP contribution in [0.25, 0.3) is 0 Å². The summed E-state index contributed by atoms with van der Waals surface area (Å²) in [5, 5.41) is 0. The fourth-order valence-corrected chi connectivity index (χ4v) is 0.727. The normalized spacial score (nSPS) is 9.73. The first kappa shape index (κ1) is 13.9. The molecule has 0 unspecified atom stereocenters. The van der Waals surface area contributed by atoms with E-state index in [0.717, 1.165) is 5.57 Å². The van der Waals surface area contributed by atoms with Gasteiger partial charge in [-0.15, -0.1) is 0 Å². The molecule has 4 nitrogen and oxygen atoms in total. The molecule has 0 aromatic carbocycles. The minimum atomic E-state index is -0.450. The second kappa shape index (κ2) is 8.20. The van der Waals surface area contributed by atoms with Crippen molar-refractivity contribution in [2.45, 2.75) is 6.92 Å². The maximum Gasteiger partial charge on any atom is 0.335 e.